The van der Waals surface area contributed by atoms with Gasteiger partial charge in [-0.1, -0.05) is 20.8 Å². The van der Waals surface area contributed by atoms with Gasteiger partial charge >= 0.3 is 5.97 Å². The zero-order chi connectivity index (χ0) is 16.9. The summed E-state index contributed by atoms with van der Waals surface area (Å²) in [5, 5.41) is 11.5. The maximum atomic E-state index is 13.5. The van der Waals surface area contributed by atoms with Gasteiger partial charge in [-0.3, -0.25) is 4.79 Å². The smallest absolute Gasteiger partial charge is 0.326 e. The minimum absolute atomic E-state index is 0.0624. The Balaban J connectivity index is 2.67. The molecule has 1 atom stereocenters. The minimum atomic E-state index is -1.14. The predicted octanol–water partition coefficient (Wildman–Crippen LogP) is 2.90. The summed E-state index contributed by atoms with van der Waals surface area (Å²) in [6.45, 7) is 5.90. The van der Waals surface area contributed by atoms with E-state index in [-0.39, 0.29) is 17.4 Å². The first-order chi connectivity index (χ1) is 10.1. The summed E-state index contributed by atoms with van der Waals surface area (Å²) in [6.07, 6.45) is 0.484. The molecular formula is C16H21F2NO3. The van der Waals surface area contributed by atoms with Gasteiger partial charge in [-0.25, -0.2) is 13.6 Å². The first-order valence-corrected chi connectivity index (χ1v) is 7.04. The largest absolute Gasteiger partial charge is 0.480 e. The topological polar surface area (TPSA) is 66.4 Å². The Morgan fingerprint density at radius 2 is 1.91 bits per heavy atom. The molecule has 0 aromatic heterocycles. The van der Waals surface area contributed by atoms with Crippen LogP contribution in [-0.4, -0.2) is 23.0 Å². The van der Waals surface area contributed by atoms with Crippen LogP contribution in [-0.2, 0) is 16.0 Å². The Kier molecular flexibility index (Phi) is 6.02. The summed E-state index contributed by atoms with van der Waals surface area (Å²) in [4.78, 5) is 23.0. The number of amides is 1. The molecule has 1 unspecified atom stereocenters. The molecule has 4 nitrogen and oxygen atoms in total. The number of nitrogens with one attached hydrogen (secondary N) is 1. The molecule has 0 saturated heterocycles. The molecule has 0 spiro atoms. The van der Waals surface area contributed by atoms with Crippen LogP contribution in [0.2, 0.25) is 0 Å². The van der Waals surface area contributed by atoms with E-state index in [9.17, 15) is 18.4 Å². The van der Waals surface area contributed by atoms with Crippen molar-refractivity contribution in [2.24, 2.45) is 5.41 Å². The second kappa shape index (κ2) is 7.33. The van der Waals surface area contributed by atoms with Crippen LogP contribution in [0.4, 0.5) is 8.78 Å². The maximum Gasteiger partial charge on any atom is 0.326 e. The quantitative estimate of drug-likeness (QED) is 0.848. The Labute approximate surface area is 128 Å². The van der Waals surface area contributed by atoms with Crippen molar-refractivity contribution in [3.63, 3.8) is 0 Å². The molecule has 1 rings (SSSR count). The van der Waals surface area contributed by atoms with Gasteiger partial charge in [0.2, 0.25) is 5.91 Å². The van der Waals surface area contributed by atoms with E-state index in [0.29, 0.717) is 6.42 Å². The highest BCUT2D eigenvalue weighted by molar-refractivity contribution is 5.84. The molecular weight excluding hydrogens is 292 g/mol. The first-order valence-electron chi connectivity index (χ1n) is 7.04. The Hall–Kier alpha value is -1.98. The minimum Gasteiger partial charge on any atom is -0.480 e. The third-order valence-electron chi connectivity index (χ3n) is 3.18. The molecule has 1 aromatic carbocycles. The molecule has 1 aromatic rings. The molecule has 0 aliphatic rings. The number of carbonyl (C=O) groups is 2. The summed E-state index contributed by atoms with van der Waals surface area (Å²) in [7, 11) is 0. The van der Waals surface area contributed by atoms with Gasteiger partial charge in [-0.15, -0.1) is 0 Å². The van der Waals surface area contributed by atoms with E-state index in [4.69, 9.17) is 5.11 Å². The van der Waals surface area contributed by atoms with Gasteiger partial charge in [0.15, 0.2) is 0 Å². The molecule has 0 aliphatic carbocycles. The highest BCUT2D eigenvalue weighted by Crippen LogP contribution is 2.21. The van der Waals surface area contributed by atoms with Gasteiger partial charge in [-0.05, 0) is 36.5 Å². The van der Waals surface area contributed by atoms with Crippen LogP contribution in [0.25, 0.3) is 0 Å². The lowest BCUT2D eigenvalue weighted by molar-refractivity contribution is -0.142. The SMILES string of the molecule is CC(C)(C)CCC(NC(=O)Cc1cc(F)ccc1F)C(=O)O. The summed E-state index contributed by atoms with van der Waals surface area (Å²) < 4.78 is 26.5. The molecule has 0 heterocycles. The lowest BCUT2D eigenvalue weighted by Crippen LogP contribution is -2.42. The molecule has 0 saturated carbocycles. The van der Waals surface area contributed by atoms with Crippen LogP contribution in [0.3, 0.4) is 0 Å². The summed E-state index contributed by atoms with van der Waals surface area (Å²) in [6, 6.07) is 1.79. The molecule has 0 fully saturated rings. The number of carboxylic acid groups (broad SMARTS) is 1. The summed E-state index contributed by atoms with van der Waals surface area (Å²) in [5.74, 6) is -3.13. The summed E-state index contributed by atoms with van der Waals surface area (Å²) >= 11 is 0. The third kappa shape index (κ3) is 6.20. The fraction of sp³-hybridized carbons (Fsp3) is 0.500. The maximum absolute atomic E-state index is 13.5. The molecule has 0 bridgehead atoms. The number of hydrogen-bond donors (Lipinski definition) is 2. The molecule has 1 amide bonds. The summed E-state index contributed by atoms with van der Waals surface area (Å²) in [5.41, 5.74) is -0.162. The van der Waals surface area contributed by atoms with Gasteiger partial charge in [0, 0.05) is 5.56 Å². The second-order valence-electron chi connectivity index (χ2n) is 6.47. The lowest BCUT2D eigenvalue weighted by atomic mass is 9.88. The van der Waals surface area contributed by atoms with E-state index >= 15 is 0 Å². The van der Waals surface area contributed by atoms with Crippen molar-refractivity contribution in [2.75, 3.05) is 0 Å². The van der Waals surface area contributed by atoms with Crippen LogP contribution < -0.4 is 5.32 Å². The molecule has 6 heteroatoms. The van der Waals surface area contributed by atoms with E-state index in [0.717, 1.165) is 18.2 Å². The molecule has 0 aliphatic heterocycles. The fourth-order valence-electron chi connectivity index (χ4n) is 1.93. The number of rotatable bonds is 6. The van der Waals surface area contributed by atoms with Crippen molar-refractivity contribution in [3.05, 3.63) is 35.4 Å². The van der Waals surface area contributed by atoms with Crippen molar-refractivity contribution < 1.29 is 23.5 Å². The van der Waals surface area contributed by atoms with E-state index in [1.54, 1.807) is 0 Å². The number of hydrogen-bond acceptors (Lipinski definition) is 2. The van der Waals surface area contributed by atoms with E-state index in [1.165, 1.54) is 0 Å². The number of benzene rings is 1. The second-order valence-corrected chi connectivity index (χ2v) is 6.47. The average Bonchev–Trinajstić information content (AvgIpc) is 2.37. The monoisotopic (exact) mass is 313 g/mol. The van der Waals surface area contributed by atoms with Crippen LogP contribution in [0.5, 0.6) is 0 Å². The van der Waals surface area contributed by atoms with Gasteiger partial charge in [-0.2, -0.15) is 0 Å². The van der Waals surface area contributed by atoms with Gasteiger partial charge in [0.05, 0.1) is 6.42 Å². The van der Waals surface area contributed by atoms with Crippen LogP contribution in [0, 0.1) is 17.0 Å². The standard InChI is InChI=1S/C16H21F2NO3/c1-16(2,3)7-6-13(15(21)22)19-14(20)9-10-8-11(17)4-5-12(10)18/h4-5,8,13H,6-7,9H2,1-3H3,(H,19,20)(H,21,22). The van der Waals surface area contributed by atoms with Gasteiger partial charge in [0.1, 0.15) is 17.7 Å². The number of carboxylic acids is 1. The highest BCUT2D eigenvalue weighted by Gasteiger charge is 2.23. The number of halogens is 2. The third-order valence-corrected chi connectivity index (χ3v) is 3.18. The van der Waals surface area contributed by atoms with Crippen LogP contribution >= 0.6 is 0 Å². The van der Waals surface area contributed by atoms with E-state index < -0.39 is 36.0 Å². The Morgan fingerprint density at radius 1 is 1.27 bits per heavy atom. The average molecular weight is 313 g/mol. The van der Waals surface area contributed by atoms with E-state index in [2.05, 4.69) is 5.32 Å². The Morgan fingerprint density at radius 3 is 2.45 bits per heavy atom. The zero-order valence-corrected chi connectivity index (χ0v) is 13.0. The van der Waals surface area contributed by atoms with Gasteiger partial charge < -0.3 is 10.4 Å². The fourth-order valence-corrected chi connectivity index (χ4v) is 1.93. The van der Waals surface area contributed by atoms with Crippen molar-refractivity contribution in [2.45, 2.75) is 46.1 Å². The van der Waals surface area contributed by atoms with Crippen molar-refractivity contribution >= 4 is 11.9 Å². The van der Waals surface area contributed by atoms with Gasteiger partial charge in [0.25, 0.3) is 0 Å². The zero-order valence-electron chi connectivity index (χ0n) is 13.0. The normalized spacial score (nSPS) is 12.8. The van der Waals surface area contributed by atoms with Crippen LogP contribution in [0.15, 0.2) is 18.2 Å². The Bertz CT molecular complexity index is 553. The molecule has 122 valence electrons. The van der Waals surface area contributed by atoms with E-state index in [1.807, 2.05) is 20.8 Å². The molecule has 2 N–H and O–H groups in total. The van der Waals surface area contributed by atoms with Crippen molar-refractivity contribution in [1.29, 1.82) is 0 Å². The number of aliphatic carboxylic acids is 1. The molecule has 22 heavy (non-hydrogen) atoms. The highest BCUT2D eigenvalue weighted by atomic mass is 19.1. The van der Waals surface area contributed by atoms with Crippen molar-refractivity contribution in [3.8, 4) is 0 Å². The first kappa shape index (κ1) is 18.1. The number of carbonyl (C=O) groups excluding carboxylic acids is 1. The van der Waals surface area contributed by atoms with Crippen LogP contribution in [0.1, 0.15) is 39.2 Å². The predicted molar refractivity (Wildman–Crippen MR) is 78.3 cm³/mol. The van der Waals surface area contributed by atoms with Crippen molar-refractivity contribution in [1.82, 2.24) is 5.32 Å². The lowest BCUT2D eigenvalue weighted by Gasteiger charge is -2.21. The molecule has 0 radical (unpaired) electrons.